The highest BCUT2D eigenvalue weighted by atomic mass is 32.2. The van der Waals surface area contributed by atoms with E-state index in [-0.39, 0.29) is 5.56 Å². The molecule has 0 radical (unpaired) electrons. The first kappa shape index (κ1) is 19.2. The molecule has 0 aliphatic heterocycles. The van der Waals surface area contributed by atoms with Crippen LogP contribution in [-0.2, 0) is 10.0 Å². The minimum absolute atomic E-state index is 0.0532. The SMILES string of the molecule is O=C(Nc1c(F)ccc(NS(=O)(=O)C2CCCC2)c1F)c1cnc2nc[nH]c2c1. The maximum Gasteiger partial charge on any atom is 0.257 e. The van der Waals surface area contributed by atoms with Gasteiger partial charge in [-0.2, -0.15) is 0 Å². The van der Waals surface area contributed by atoms with Crippen molar-refractivity contribution in [2.45, 2.75) is 30.9 Å². The number of H-pyrrole nitrogens is 1. The van der Waals surface area contributed by atoms with Gasteiger partial charge in [-0.3, -0.25) is 9.52 Å². The van der Waals surface area contributed by atoms with E-state index >= 15 is 0 Å². The fraction of sp³-hybridized carbons (Fsp3) is 0.278. The van der Waals surface area contributed by atoms with E-state index < -0.39 is 44.2 Å². The molecule has 1 aliphatic rings. The van der Waals surface area contributed by atoms with Crippen LogP contribution in [0.1, 0.15) is 36.0 Å². The summed E-state index contributed by atoms with van der Waals surface area (Å²) in [5.74, 6) is -3.03. The minimum Gasteiger partial charge on any atom is -0.343 e. The van der Waals surface area contributed by atoms with Crippen LogP contribution < -0.4 is 10.0 Å². The predicted octanol–water partition coefficient (Wildman–Crippen LogP) is 3.17. The maximum absolute atomic E-state index is 14.8. The third-order valence-electron chi connectivity index (χ3n) is 4.86. The zero-order valence-corrected chi connectivity index (χ0v) is 15.9. The van der Waals surface area contributed by atoms with E-state index in [1.807, 2.05) is 0 Å². The van der Waals surface area contributed by atoms with Gasteiger partial charge in [0.05, 0.1) is 28.3 Å². The number of aromatic amines is 1. The first-order chi connectivity index (χ1) is 13.8. The van der Waals surface area contributed by atoms with Crippen LogP contribution in [-0.4, -0.2) is 34.5 Å². The molecule has 3 aromatic rings. The fourth-order valence-corrected chi connectivity index (χ4v) is 4.91. The molecule has 1 aromatic carbocycles. The molecular formula is C18H17F2N5O3S. The third kappa shape index (κ3) is 3.77. The number of aromatic nitrogens is 3. The summed E-state index contributed by atoms with van der Waals surface area (Å²) in [6.07, 6.45) is 5.18. The number of anilines is 2. The van der Waals surface area contributed by atoms with Crippen molar-refractivity contribution in [1.29, 1.82) is 0 Å². The lowest BCUT2D eigenvalue weighted by Gasteiger charge is -2.16. The summed E-state index contributed by atoms with van der Waals surface area (Å²) in [5.41, 5.74) is -0.238. The van der Waals surface area contributed by atoms with Crippen LogP contribution in [0.25, 0.3) is 11.2 Å². The van der Waals surface area contributed by atoms with Crippen molar-refractivity contribution in [3.05, 3.63) is 47.9 Å². The van der Waals surface area contributed by atoms with Gasteiger partial charge in [-0.1, -0.05) is 12.8 Å². The molecule has 2 heterocycles. The molecular weight excluding hydrogens is 404 g/mol. The zero-order chi connectivity index (χ0) is 20.6. The second-order valence-electron chi connectivity index (χ2n) is 6.79. The van der Waals surface area contributed by atoms with Crippen molar-refractivity contribution >= 4 is 38.5 Å². The van der Waals surface area contributed by atoms with E-state index in [2.05, 4.69) is 25.0 Å². The van der Waals surface area contributed by atoms with Gasteiger partial charge >= 0.3 is 0 Å². The molecule has 1 aliphatic carbocycles. The highest BCUT2D eigenvalue weighted by Crippen LogP contribution is 2.30. The Kier molecular flexibility index (Phi) is 4.91. The van der Waals surface area contributed by atoms with Gasteiger partial charge in [-0.15, -0.1) is 0 Å². The Morgan fingerprint density at radius 3 is 2.69 bits per heavy atom. The van der Waals surface area contributed by atoms with E-state index in [1.54, 1.807) is 0 Å². The standard InChI is InChI=1S/C18H17F2N5O3S/c19-12-5-6-13(25-29(27,28)11-3-1-2-4-11)15(20)16(12)24-18(26)10-7-14-17(21-8-10)23-9-22-14/h5-9,11,25H,1-4H2,(H,24,26)(H,21,22,23). The molecule has 0 saturated heterocycles. The van der Waals surface area contributed by atoms with Crippen molar-refractivity contribution in [1.82, 2.24) is 15.0 Å². The molecule has 1 amide bonds. The van der Waals surface area contributed by atoms with Gasteiger partial charge in [0.15, 0.2) is 11.5 Å². The van der Waals surface area contributed by atoms with E-state index in [0.29, 0.717) is 24.0 Å². The number of pyridine rings is 1. The number of nitrogens with zero attached hydrogens (tertiary/aromatic N) is 2. The number of carbonyl (C=O) groups is 1. The van der Waals surface area contributed by atoms with Crippen molar-refractivity contribution in [3.8, 4) is 0 Å². The Morgan fingerprint density at radius 1 is 1.17 bits per heavy atom. The second kappa shape index (κ2) is 7.39. The van der Waals surface area contributed by atoms with Crippen molar-refractivity contribution < 1.29 is 22.0 Å². The molecule has 11 heteroatoms. The Hall–Kier alpha value is -3.08. The lowest BCUT2D eigenvalue weighted by atomic mass is 10.2. The Balaban J connectivity index is 1.60. The molecule has 2 aromatic heterocycles. The quantitative estimate of drug-likeness (QED) is 0.585. The average Bonchev–Trinajstić information content (AvgIpc) is 3.38. The number of imidazole rings is 1. The summed E-state index contributed by atoms with van der Waals surface area (Å²) in [4.78, 5) is 23.1. The van der Waals surface area contributed by atoms with Crippen LogP contribution in [0.4, 0.5) is 20.2 Å². The first-order valence-corrected chi connectivity index (χ1v) is 10.5. The van der Waals surface area contributed by atoms with Gasteiger partial charge < -0.3 is 10.3 Å². The van der Waals surface area contributed by atoms with Crippen LogP contribution in [0.2, 0.25) is 0 Å². The van der Waals surface area contributed by atoms with Crippen LogP contribution in [0.5, 0.6) is 0 Å². The van der Waals surface area contributed by atoms with Crippen molar-refractivity contribution in [2.75, 3.05) is 10.0 Å². The Bertz CT molecular complexity index is 1190. The summed E-state index contributed by atoms with van der Waals surface area (Å²) >= 11 is 0. The van der Waals surface area contributed by atoms with Gasteiger partial charge in [-0.25, -0.2) is 27.2 Å². The Labute approximate surface area is 164 Å². The summed E-state index contributed by atoms with van der Waals surface area (Å²) < 4.78 is 56.0. The number of hydrogen-bond donors (Lipinski definition) is 3. The average molecular weight is 421 g/mol. The van der Waals surface area contributed by atoms with Gasteiger partial charge in [0.25, 0.3) is 5.91 Å². The lowest BCUT2D eigenvalue weighted by molar-refractivity contribution is 0.102. The highest BCUT2D eigenvalue weighted by Gasteiger charge is 2.30. The van der Waals surface area contributed by atoms with E-state index in [1.165, 1.54) is 18.6 Å². The first-order valence-electron chi connectivity index (χ1n) is 8.95. The Morgan fingerprint density at radius 2 is 1.93 bits per heavy atom. The predicted molar refractivity (Wildman–Crippen MR) is 103 cm³/mol. The number of amides is 1. The third-order valence-corrected chi connectivity index (χ3v) is 6.71. The summed E-state index contributed by atoms with van der Waals surface area (Å²) in [6, 6.07) is 3.32. The normalized spacial score (nSPS) is 15.0. The molecule has 29 heavy (non-hydrogen) atoms. The maximum atomic E-state index is 14.8. The number of fused-ring (bicyclic) bond motifs is 1. The van der Waals surface area contributed by atoms with Crippen molar-refractivity contribution in [2.24, 2.45) is 0 Å². The van der Waals surface area contributed by atoms with Gasteiger partial charge in [-0.05, 0) is 31.0 Å². The van der Waals surface area contributed by atoms with E-state index in [4.69, 9.17) is 0 Å². The minimum atomic E-state index is -3.81. The molecule has 1 fully saturated rings. The number of benzene rings is 1. The number of rotatable bonds is 5. The van der Waals surface area contributed by atoms with Crippen molar-refractivity contribution in [3.63, 3.8) is 0 Å². The topological polar surface area (TPSA) is 117 Å². The number of sulfonamides is 1. The molecule has 0 atom stereocenters. The monoisotopic (exact) mass is 421 g/mol. The van der Waals surface area contributed by atoms with Crippen LogP contribution >= 0.6 is 0 Å². The van der Waals surface area contributed by atoms with E-state index in [0.717, 1.165) is 25.0 Å². The zero-order valence-electron chi connectivity index (χ0n) is 15.1. The molecule has 3 N–H and O–H groups in total. The number of nitrogens with one attached hydrogen (secondary N) is 3. The smallest absolute Gasteiger partial charge is 0.257 e. The molecule has 4 rings (SSSR count). The van der Waals surface area contributed by atoms with Crippen LogP contribution in [0.15, 0.2) is 30.7 Å². The fourth-order valence-electron chi connectivity index (χ4n) is 3.32. The number of hydrogen-bond acceptors (Lipinski definition) is 5. The van der Waals surface area contributed by atoms with Gasteiger partial charge in [0.1, 0.15) is 11.5 Å². The van der Waals surface area contributed by atoms with Gasteiger partial charge in [0, 0.05) is 6.20 Å². The molecule has 1 saturated carbocycles. The molecule has 0 bridgehead atoms. The summed E-state index contributed by atoms with van der Waals surface area (Å²) in [5, 5.41) is 1.54. The molecule has 0 spiro atoms. The highest BCUT2D eigenvalue weighted by molar-refractivity contribution is 7.93. The summed E-state index contributed by atoms with van der Waals surface area (Å²) in [6.45, 7) is 0. The van der Waals surface area contributed by atoms with E-state index in [9.17, 15) is 22.0 Å². The lowest BCUT2D eigenvalue weighted by Crippen LogP contribution is -2.26. The van der Waals surface area contributed by atoms with Crippen LogP contribution in [0.3, 0.4) is 0 Å². The van der Waals surface area contributed by atoms with Crippen LogP contribution in [0, 0.1) is 11.6 Å². The molecule has 152 valence electrons. The largest absolute Gasteiger partial charge is 0.343 e. The summed E-state index contributed by atoms with van der Waals surface area (Å²) in [7, 11) is -3.81. The number of carbonyl (C=O) groups excluding carboxylic acids is 1. The second-order valence-corrected chi connectivity index (χ2v) is 8.75. The van der Waals surface area contributed by atoms with Gasteiger partial charge in [0.2, 0.25) is 10.0 Å². The number of halogens is 2. The molecule has 0 unspecified atom stereocenters. The molecule has 8 nitrogen and oxygen atoms in total.